The highest BCUT2D eigenvalue weighted by Gasteiger charge is 2.10. The van der Waals surface area contributed by atoms with Gasteiger partial charge >= 0.3 is 0 Å². The van der Waals surface area contributed by atoms with Crippen molar-refractivity contribution in [1.29, 1.82) is 0 Å². The second kappa shape index (κ2) is 6.78. The number of ether oxygens (including phenoxy) is 1. The van der Waals surface area contributed by atoms with Crippen molar-refractivity contribution in [2.45, 2.75) is 6.54 Å². The van der Waals surface area contributed by atoms with Gasteiger partial charge in [-0.25, -0.2) is 0 Å². The van der Waals surface area contributed by atoms with E-state index in [0.29, 0.717) is 17.3 Å². The number of benzene rings is 2. The zero-order chi connectivity index (χ0) is 15.4. The molecular formula is C14H12BrClN2O3. The van der Waals surface area contributed by atoms with Gasteiger partial charge in [0, 0.05) is 27.8 Å². The Morgan fingerprint density at radius 2 is 2.10 bits per heavy atom. The number of nitro groups is 1. The van der Waals surface area contributed by atoms with Gasteiger partial charge in [0.05, 0.1) is 18.1 Å². The monoisotopic (exact) mass is 370 g/mol. The normalized spacial score (nSPS) is 10.2. The first kappa shape index (κ1) is 15.6. The summed E-state index contributed by atoms with van der Waals surface area (Å²) in [4.78, 5) is 10.5. The lowest BCUT2D eigenvalue weighted by atomic mass is 10.2. The molecule has 0 unspecified atom stereocenters. The summed E-state index contributed by atoms with van der Waals surface area (Å²) >= 11 is 9.29. The Kier molecular flexibility index (Phi) is 5.03. The van der Waals surface area contributed by atoms with E-state index in [0.717, 1.165) is 15.7 Å². The summed E-state index contributed by atoms with van der Waals surface area (Å²) in [5.41, 5.74) is 1.61. The van der Waals surface area contributed by atoms with Crippen LogP contribution in [0, 0.1) is 10.1 Å². The molecule has 0 radical (unpaired) electrons. The smallest absolute Gasteiger partial charge is 0.273 e. The van der Waals surface area contributed by atoms with Gasteiger partial charge in [-0.1, -0.05) is 11.6 Å². The number of halogens is 2. The quantitative estimate of drug-likeness (QED) is 0.614. The van der Waals surface area contributed by atoms with Crippen molar-refractivity contribution in [3.05, 3.63) is 61.6 Å². The minimum Gasteiger partial charge on any atom is -0.496 e. The van der Waals surface area contributed by atoms with Gasteiger partial charge in [-0.05, 0) is 45.8 Å². The molecule has 0 heterocycles. The van der Waals surface area contributed by atoms with Gasteiger partial charge in [0.25, 0.3) is 5.69 Å². The Labute approximate surface area is 135 Å². The van der Waals surface area contributed by atoms with Gasteiger partial charge in [-0.2, -0.15) is 0 Å². The van der Waals surface area contributed by atoms with Crippen LogP contribution in [0.2, 0.25) is 5.02 Å². The first-order valence-corrected chi connectivity index (χ1v) is 7.18. The minimum atomic E-state index is -0.440. The number of hydrogen-bond acceptors (Lipinski definition) is 4. The maximum Gasteiger partial charge on any atom is 0.273 e. The molecule has 2 aromatic carbocycles. The van der Waals surface area contributed by atoms with Crippen LogP contribution in [0.5, 0.6) is 5.75 Å². The summed E-state index contributed by atoms with van der Waals surface area (Å²) in [6.45, 7) is 0.429. The third kappa shape index (κ3) is 4.09. The Hall–Kier alpha value is -1.79. The van der Waals surface area contributed by atoms with Crippen molar-refractivity contribution < 1.29 is 9.66 Å². The van der Waals surface area contributed by atoms with Gasteiger partial charge in [-0.3, -0.25) is 10.1 Å². The van der Waals surface area contributed by atoms with Gasteiger partial charge < -0.3 is 10.1 Å². The molecule has 2 aromatic rings. The van der Waals surface area contributed by atoms with Crippen LogP contribution in [0.4, 0.5) is 11.4 Å². The topological polar surface area (TPSA) is 64.4 Å². The molecular weight excluding hydrogens is 360 g/mol. The summed E-state index contributed by atoms with van der Waals surface area (Å²) in [5, 5.41) is 14.7. The van der Waals surface area contributed by atoms with Crippen LogP contribution in [-0.4, -0.2) is 12.0 Å². The van der Waals surface area contributed by atoms with Crippen LogP contribution < -0.4 is 10.1 Å². The molecule has 21 heavy (non-hydrogen) atoms. The van der Waals surface area contributed by atoms with Gasteiger partial charge in [0.1, 0.15) is 5.75 Å². The molecule has 0 aliphatic rings. The highest BCUT2D eigenvalue weighted by atomic mass is 79.9. The van der Waals surface area contributed by atoms with E-state index in [1.54, 1.807) is 18.2 Å². The van der Waals surface area contributed by atoms with Crippen LogP contribution in [0.3, 0.4) is 0 Å². The third-order valence-corrected chi connectivity index (χ3v) is 3.70. The molecule has 110 valence electrons. The van der Waals surface area contributed by atoms with E-state index in [1.807, 2.05) is 6.07 Å². The number of anilines is 1. The Morgan fingerprint density at radius 3 is 2.71 bits per heavy atom. The molecule has 0 fully saturated rings. The Balaban J connectivity index is 2.19. The largest absolute Gasteiger partial charge is 0.496 e. The minimum absolute atomic E-state index is 0.00122. The van der Waals surface area contributed by atoms with Crippen LogP contribution in [0.15, 0.2) is 40.9 Å². The number of nitrogens with zero attached hydrogens (tertiary/aromatic N) is 1. The predicted octanol–water partition coefficient (Wildman–Crippen LogP) is 4.63. The summed E-state index contributed by atoms with van der Waals surface area (Å²) < 4.78 is 5.90. The molecule has 7 heteroatoms. The number of nitro benzene ring substituents is 1. The molecule has 2 rings (SSSR count). The van der Waals surface area contributed by atoms with Crippen LogP contribution in [0.1, 0.15) is 5.56 Å². The average molecular weight is 372 g/mol. The molecule has 0 aromatic heterocycles. The van der Waals surface area contributed by atoms with Gasteiger partial charge in [-0.15, -0.1) is 0 Å². The van der Waals surface area contributed by atoms with Crippen LogP contribution >= 0.6 is 27.5 Å². The number of nitrogens with one attached hydrogen (secondary N) is 1. The lowest BCUT2D eigenvalue weighted by molar-refractivity contribution is -0.385. The van der Waals surface area contributed by atoms with Crippen molar-refractivity contribution in [3.63, 3.8) is 0 Å². The van der Waals surface area contributed by atoms with Crippen molar-refractivity contribution in [2.24, 2.45) is 0 Å². The number of methoxy groups -OCH3 is 1. The number of non-ortho nitro benzene ring substituents is 1. The second-order valence-electron chi connectivity index (χ2n) is 4.27. The molecule has 5 nitrogen and oxygen atoms in total. The third-order valence-electron chi connectivity index (χ3n) is 2.81. The predicted molar refractivity (Wildman–Crippen MR) is 86.1 cm³/mol. The maximum absolute atomic E-state index is 10.9. The average Bonchev–Trinajstić information content (AvgIpc) is 2.46. The summed E-state index contributed by atoms with van der Waals surface area (Å²) in [7, 11) is 1.48. The van der Waals surface area contributed by atoms with E-state index in [9.17, 15) is 10.1 Å². The molecule has 0 spiro atoms. The Bertz CT molecular complexity index is 679. The van der Waals surface area contributed by atoms with E-state index < -0.39 is 4.92 Å². The first-order valence-electron chi connectivity index (χ1n) is 6.01. The van der Waals surface area contributed by atoms with Crippen LogP contribution in [0.25, 0.3) is 0 Å². The van der Waals surface area contributed by atoms with E-state index in [1.165, 1.54) is 19.2 Å². The highest BCUT2D eigenvalue weighted by Crippen LogP contribution is 2.27. The molecule has 0 amide bonds. The SMILES string of the molecule is COc1cc(CNc2ccc(Cl)cc2Br)cc([N+](=O)[O-])c1. The van der Waals surface area contributed by atoms with Crippen molar-refractivity contribution in [3.8, 4) is 5.75 Å². The van der Waals surface area contributed by atoms with Gasteiger partial charge in [0.15, 0.2) is 0 Å². The summed E-state index contributed by atoms with van der Waals surface area (Å²) in [6.07, 6.45) is 0. The first-order chi connectivity index (χ1) is 9.99. The Morgan fingerprint density at radius 1 is 1.33 bits per heavy atom. The van der Waals surface area contributed by atoms with E-state index in [-0.39, 0.29) is 5.69 Å². The zero-order valence-corrected chi connectivity index (χ0v) is 13.4. The fourth-order valence-electron chi connectivity index (χ4n) is 1.80. The zero-order valence-electron chi connectivity index (χ0n) is 11.1. The van der Waals surface area contributed by atoms with Crippen molar-refractivity contribution in [1.82, 2.24) is 0 Å². The molecule has 0 saturated heterocycles. The van der Waals surface area contributed by atoms with Crippen molar-refractivity contribution >= 4 is 38.9 Å². The fraction of sp³-hybridized carbons (Fsp3) is 0.143. The van der Waals surface area contributed by atoms with Gasteiger partial charge in [0.2, 0.25) is 0 Å². The standard InChI is InChI=1S/C14H12BrClN2O3/c1-21-12-5-9(4-11(7-12)18(19)20)8-17-14-3-2-10(16)6-13(14)15/h2-7,17H,8H2,1H3. The molecule has 1 N–H and O–H groups in total. The van der Waals surface area contributed by atoms with Crippen molar-refractivity contribution in [2.75, 3.05) is 12.4 Å². The molecule has 0 aliphatic heterocycles. The number of rotatable bonds is 5. The molecule has 0 saturated carbocycles. The fourth-order valence-corrected chi connectivity index (χ4v) is 2.62. The summed E-state index contributed by atoms with van der Waals surface area (Å²) in [6, 6.07) is 10.0. The van der Waals surface area contributed by atoms with E-state index in [4.69, 9.17) is 16.3 Å². The number of hydrogen-bond donors (Lipinski definition) is 1. The maximum atomic E-state index is 10.9. The molecule has 0 atom stereocenters. The lowest BCUT2D eigenvalue weighted by Crippen LogP contribution is -2.01. The van der Waals surface area contributed by atoms with E-state index in [2.05, 4.69) is 21.2 Å². The second-order valence-corrected chi connectivity index (χ2v) is 5.56. The summed E-state index contributed by atoms with van der Waals surface area (Å²) in [5.74, 6) is 0.455. The highest BCUT2D eigenvalue weighted by molar-refractivity contribution is 9.10. The molecule has 0 aliphatic carbocycles. The van der Waals surface area contributed by atoms with E-state index >= 15 is 0 Å². The van der Waals surface area contributed by atoms with Crippen LogP contribution in [-0.2, 0) is 6.54 Å². The lowest BCUT2D eigenvalue weighted by Gasteiger charge is -2.10. The molecule has 0 bridgehead atoms.